The van der Waals surface area contributed by atoms with E-state index in [9.17, 15) is 19.8 Å². The summed E-state index contributed by atoms with van der Waals surface area (Å²) in [6, 6.07) is -0.131. The van der Waals surface area contributed by atoms with E-state index in [1.807, 2.05) is 19.9 Å². The highest BCUT2D eigenvalue weighted by atomic mass is 35.5. The normalized spacial score (nSPS) is 37.4. The number of aliphatic hydroxyl groups is 2. The molecule has 0 aromatic heterocycles. The van der Waals surface area contributed by atoms with E-state index in [2.05, 4.69) is 18.3 Å². The lowest BCUT2D eigenvalue weighted by atomic mass is 9.84. The molecule has 0 aromatic rings. The Labute approximate surface area is 231 Å². The molecule has 2 rings (SSSR count). The maximum absolute atomic E-state index is 12.3. The first-order valence-corrected chi connectivity index (χ1v) is 13.6. The first-order chi connectivity index (χ1) is 17.7. The van der Waals surface area contributed by atoms with Crippen LogP contribution in [-0.4, -0.2) is 83.0 Å². The van der Waals surface area contributed by atoms with Crippen LogP contribution in [0.1, 0.15) is 60.8 Å². The molecule has 2 heterocycles. The molecule has 9 unspecified atom stereocenters. The SMILES string of the molecule is COC1(C)CC(O)(CCl)C(O)C(/C=C/C(C)=C/CC2OC(C)C(NC(=O)C=CC(C)OC(C)=O)CC2C)O1. The summed E-state index contributed by atoms with van der Waals surface area (Å²) in [4.78, 5) is 23.3. The van der Waals surface area contributed by atoms with E-state index in [4.69, 9.17) is 30.5 Å². The number of ether oxygens (including phenoxy) is 4. The zero-order valence-electron chi connectivity index (χ0n) is 23.5. The molecule has 10 heteroatoms. The van der Waals surface area contributed by atoms with E-state index in [-0.39, 0.29) is 42.4 Å². The van der Waals surface area contributed by atoms with Gasteiger partial charge in [0.05, 0.1) is 24.1 Å². The highest BCUT2D eigenvalue weighted by molar-refractivity contribution is 6.18. The molecule has 0 aliphatic carbocycles. The van der Waals surface area contributed by atoms with Gasteiger partial charge in [0.1, 0.15) is 23.9 Å². The van der Waals surface area contributed by atoms with Crippen molar-refractivity contribution in [2.24, 2.45) is 5.92 Å². The van der Waals surface area contributed by atoms with Crippen molar-refractivity contribution in [1.82, 2.24) is 5.32 Å². The Kier molecular flexibility index (Phi) is 12.0. The summed E-state index contributed by atoms with van der Waals surface area (Å²) in [5.41, 5.74) is -0.577. The van der Waals surface area contributed by atoms with Crippen molar-refractivity contribution in [2.45, 2.75) is 109 Å². The van der Waals surface area contributed by atoms with Gasteiger partial charge in [0.2, 0.25) is 5.91 Å². The van der Waals surface area contributed by atoms with E-state index in [0.29, 0.717) is 6.42 Å². The summed E-state index contributed by atoms with van der Waals surface area (Å²) in [6.45, 7) is 10.7. The minimum atomic E-state index is -1.53. The van der Waals surface area contributed by atoms with Gasteiger partial charge in [-0.3, -0.25) is 9.59 Å². The zero-order valence-corrected chi connectivity index (χ0v) is 24.2. The number of allylic oxidation sites excluding steroid dienone is 2. The molecule has 38 heavy (non-hydrogen) atoms. The molecule has 3 N–H and O–H groups in total. The second-order valence-corrected chi connectivity index (χ2v) is 11.0. The van der Waals surface area contributed by atoms with Crippen LogP contribution in [0.15, 0.2) is 36.0 Å². The van der Waals surface area contributed by atoms with Gasteiger partial charge in [-0.05, 0) is 52.5 Å². The van der Waals surface area contributed by atoms with Crippen LogP contribution >= 0.6 is 11.6 Å². The van der Waals surface area contributed by atoms with Gasteiger partial charge in [-0.25, -0.2) is 0 Å². The van der Waals surface area contributed by atoms with Crippen molar-refractivity contribution in [1.29, 1.82) is 0 Å². The van der Waals surface area contributed by atoms with Gasteiger partial charge in [0.25, 0.3) is 0 Å². The number of hydrogen-bond donors (Lipinski definition) is 3. The van der Waals surface area contributed by atoms with Crippen molar-refractivity contribution in [3.05, 3.63) is 36.0 Å². The standard InChI is InChI=1S/C28H44ClNO8/c1-17(9-12-24-26(33)28(34,16-29)15-27(6,35-7)38-24)8-11-23-18(2)14-22(20(4)37-23)30-25(32)13-10-19(3)36-21(5)31/h8-10,12-13,18-20,22-24,26,33-34H,11,14-16H2,1-7H3,(H,30,32)/b12-9+,13-10?,17-8+. The zero-order chi connectivity index (χ0) is 28.7. The van der Waals surface area contributed by atoms with Crippen LogP contribution < -0.4 is 5.32 Å². The van der Waals surface area contributed by atoms with Crippen LogP contribution in [0.3, 0.4) is 0 Å². The predicted molar refractivity (Wildman–Crippen MR) is 145 cm³/mol. The quantitative estimate of drug-likeness (QED) is 0.162. The van der Waals surface area contributed by atoms with Gasteiger partial charge in [-0.1, -0.05) is 30.7 Å². The first kappa shape index (κ1) is 32.5. The Hall–Kier alpha value is -1.75. The maximum atomic E-state index is 12.3. The Morgan fingerprint density at radius 2 is 1.95 bits per heavy atom. The highest BCUT2D eigenvalue weighted by Gasteiger charge is 2.52. The van der Waals surface area contributed by atoms with Gasteiger partial charge < -0.3 is 34.5 Å². The van der Waals surface area contributed by atoms with Crippen LogP contribution in [0.2, 0.25) is 0 Å². The Balaban J connectivity index is 1.93. The summed E-state index contributed by atoms with van der Waals surface area (Å²) in [5.74, 6) is -1.66. The monoisotopic (exact) mass is 557 g/mol. The number of carbonyl (C=O) groups excluding carboxylic acids is 2. The van der Waals surface area contributed by atoms with Crippen molar-refractivity contribution in [3.63, 3.8) is 0 Å². The number of halogens is 1. The fourth-order valence-corrected chi connectivity index (χ4v) is 5.09. The number of esters is 1. The van der Waals surface area contributed by atoms with E-state index in [1.165, 1.54) is 20.1 Å². The Bertz CT molecular complexity index is 907. The third kappa shape index (κ3) is 9.17. The summed E-state index contributed by atoms with van der Waals surface area (Å²) in [5, 5.41) is 24.4. The van der Waals surface area contributed by atoms with Crippen LogP contribution in [0.25, 0.3) is 0 Å². The largest absolute Gasteiger partial charge is 0.459 e. The van der Waals surface area contributed by atoms with E-state index in [0.717, 1.165) is 12.0 Å². The molecule has 216 valence electrons. The fraction of sp³-hybridized carbons (Fsp3) is 0.714. The second-order valence-electron chi connectivity index (χ2n) is 10.7. The molecular formula is C28H44ClNO8. The Morgan fingerprint density at radius 1 is 1.26 bits per heavy atom. The molecular weight excluding hydrogens is 514 g/mol. The molecule has 2 aliphatic heterocycles. The van der Waals surface area contributed by atoms with E-state index in [1.54, 1.807) is 26.0 Å². The molecule has 0 bridgehead atoms. The molecule has 0 aromatic carbocycles. The number of aliphatic hydroxyl groups excluding tert-OH is 1. The molecule has 1 amide bonds. The van der Waals surface area contributed by atoms with Gasteiger partial charge in [0.15, 0.2) is 5.79 Å². The lowest BCUT2D eigenvalue weighted by Gasteiger charge is -2.47. The number of carbonyl (C=O) groups is 2. The number of alkyl halides is 1. The van der Waals surface area contributed by atoms with Crippen LogP contribution in [0.5, 0.6) is 0 Å². The third-order valence-electron chi connectivity index (χ3n) is 7.17. The molecule has 2 fully saturated rings. The van der Waals surface area contributed by atoms with Crippen molar-refractivity contribution < 1.29 is 38.7 Å². The molecule has 0 radical (unpaired) electrons. The van der Waals surface area contributed by atoms with Gasteiger partial charge in [0, 0.05) is 26.5 Å². The average molecular weight is 558 g/mol. The van der Waals surface area contributed by atoms with Crippen LogP contribution in [0.4, 0.5) is 0 Å². The van der Waals surface area contributed by atoms with Crippen molar-refractivity contribution >= 4 is 23.5 Å². The van der Waals surface area contributed by atoms with Crippen LogP contribution in [0, 0.1) is 5.92 Å². The average Bonchev–Trinajstić information content (AvgIpc) is 2.85. The maximum Gasteiger partial charge on any atom is 0.303 e. The minimum Gasteiger partial charge on any atom is -0.459 e. The molecule has 0 saturated carbocycles. The molecule has 0 spiro atoms. The number of methoxy groups -OCH3 is 1. The Morgan fingerprint density at radius 3 is 2.55 bits per heavy atom. The summed E-state index contributed by atoms with van der Waals surface area (Å²) >= 11 is 5.96. The summed E-state index contributed by atoms with van der Waals surface area (Å²) in [6.07, 6.45) is 7.38. The van der Waals surface area contributed by atoms with Crippen molar-refractivity contribution in [3.8, 4) is 0 Å². The second kappa shape index (κ2) is 14.1. The van der Waals surface area contributed by atoms with E-state index >= 15 is 0 Å². The van der Waals surface area contributed by atoms with Gasteiger partial charge >= 0.3 is 5.97 Å². The van der Waals surface area contributed by atoms with Crippen molar-refractivity contribution in [2.75, 3.05) is 13.0 Å². The van der Waals surface area contributed by atoms with Gasteiger partial charge in [-0.2, -0.15) is 0 Å². The molecule has 9 nitrogen and oxygen atoms in total. The lowest BCUT2D eigenvalue weighted by molar-refractivity contribution is -0.311. The lowest BCUT2D eigenvalue weighted by Crippen LogP contribution is -2.62. The van der Waals surface area contributed by atoms with Crippen LogP contribution in [-0.2, 0) is 28.5 Å². The summed E-state index contributed by atoms with van der Waals surface area (Å²) in [7, 11) is 1.49. The number of amides is 1. The topological polar surface area (TPSA) is 124 Å². The number of nitrogens with one attached hydrogen (secondary N) is 1. The number of hydrogen-bond acceptors (Lipinski definition) is 8. The fourth-order valence-electron chi connectivity index (χ4n) is 4.84. The molecule has 2 saturated heterocycles. The predicted octanol–water partition coefficient (Wildman–Crippen LogP) is 3.17. The van der Waals surface area contributed by atoms with E-state index < -0.39 is 35.7 Å². The summed E-state index contributed by atoms with van der Waals surface area (Å²) < 4.78 is 22.5. The molecule has 2 aliphatic rings. The minimum absolute atomic E-state index is 0.0179. The first-order valence-electron chi connectivity index (χ1n) is 13.1. The number of rotatable bonds is 10. The third-order valence-corrected chi connectivity index (χ3v) is 7.64. The smallest absolute Gasteiger partial charge is 0.303 e. The molecule has 9 atom stereocenters. The van der Waals surface area contributed by atoms with Gasteiger partial charge in [-0.15, -0.1) is 11.6 Å². The highest BCUT2D eigenvalue weighted by Crippen LogP contribution is 2.38.